The molecule has 24 heavy (non-hydrogen) atoms. The summed E-state index contributed by atoms with van der Waals surface area (Å²) in [5.74, 6) is 0.0933. The molecule has 0 bridgehead atoms. The van der Waals surface area contributed by atoms with Gasteiger partial charge in [-0.2, -0.15) is 0 Å². The highest BCUT2D eigenvalue weighted by atomic mass is 35.5. The van der Waals surface area contributed by atoms with Gasteiger partial charge in [0.2, 0.25) is 5.13 Å². The second-order valence-corrected chi connectivity index (χ2v) is 7.54. The normalized spacial score (nSPS) is 12.1. The van der Waals surface area contributed by atoms with E-state index < -0.39 is 6.10 Å². The first-order valence-electron chi connectivity index (χ1n) is 7.03. The summed E-state index contributed by atoms with van der Waals surface area (Å²) in [5.41, 5.74) is 1.15. The number of anilines is 2. The SMILES string of the molecule is O[C@H](CSc1nnc(Nc2ccccc2F)s1)c1ccc(Cl)cc1. The number of aliphatic hydroxyl groups excluding tert-OH is 1. The standard InChI is InChI=1S/C16H13ClFN3OS2/c17-11-7-5-10(6-8-11)14(22)9-23-16-21-20-15(24-16)19-13-4-2-1-3-12(13)18/h1-8,14,22H,9H2,(H,19,20)/t14-/m1/s1. The zero-order valence-corrected chi connectivity index (χ0v) is 14.7. The molecule has 0 radical (unpaired) electrons. The van der Waals surface area contributed by atoms with Crippen molar-refractivity contribution >= 4 is 45.5 Å². The van der Waals surface area contributed by atoms with Crippen LogP contribution in [0.2, 0.25) is 5.02 Å². The zero-order chi connectivity index (χ0) is 16.9. The van der Waals surface area contributed by atoms with Gasteiger partial charge in [-0.15, -0.1) is 10.2 Å². The Labute approximate surface area is 151 Å². The van der Waals surface area contributed by atoms with Crippen LogP contribution in [0.3, 0.4) is 0 Å². The summed E-state index contributed by atoms with van der Waals surface area (Å²) >= 11 is 8.53. The highest BCUT2D eigenvalue weighted by Gasteiger charge is 2.12. The van der Waals surface area contributed by atoms with Crippen LogP contribution in [-0.4, -0.2) is 21.1 Å². The van der Waals surface area contributed by atoms with Gasteiger partial charge in [-0.05, 0) is 29.8 Å². The molecule has 0 fully saturated rings. The van der Waals surface area contributed by atoms with E-state index in [1.165, 1.54) is 29.2 Å². The van der Waals surface area contributed by atoms with E-state index >= 15 is 0 Å². The van der Waals surface area contributed by atoms with Crippen molar-refractivity contribution in [1.82, 2.24) is 10.2 Å². The quantitative estimate of drug-likeness (QED) is 0.595. The van der Waals surface area contributed by atoms with Gasteiger partial charge in [-0.3, -0.25) is 0 Å². The fourth-order valence-electron chi connectivity index (χ4n) is 1.93. The number of halogens is 2. The maximum atomic E-state index is 13.6. The second-order valence-electron chi connectivity index (χ2n) is 4.86. The summed E-state index contributed by atoms with van der Waals surface area (Å²) in [5, 5.41) is 22.2. The predicted octanol–water partition coefficient (Wildman–Crippen LogP) is 4.90. The van der Waals surface area contributed by atoms with Crippen LogP contribution in [0.25, 0.3) is 0 Å². The van der Waals surface area contributed by atoms with Crippen LogP contribution in [0, 0.1) is 5.82 Å². The molecule has 0 aliphatic carbocycles. The molecule has 3 rings (SSSR count). The van der Waals surface area contributed by atoms with Crippen LogP contribution in [0.1, 0.15) is 11.7 Å². The molecule has 2 N–H and O–H groups in total. The Morgan fingerprint density at radius 2 is 1.92 bits per heavy atom. The van der Waals surface area contributed by atoms with E-state index in [1.54, 1.807) is 42.5 Å². The number of hydrogen-bond acceptors (Lipinski definition) is 6. The van der Waals surface area contributed by atoms with Crippen molar-refractivity contribution in [3.63, 3.8) is 0 Å². The molecule has 1 heterocycles. The topological polar surface area (TPSA) is 58.0 Å². The molecular weight excluding hydrogens is 369 g/mol. The van der Waals surface area contributed by atoms with Gasteiger partial charge in [0.15, 0.2) is 4.34 Å². The lowest BCUT2D eigenvalue weighted by molar-refractivity contribution is 0.204. The van der Waals surface area contributed by atoms with Gasteiger partial charge in [0.25, 0.3) is 0 Å². The average molecular weight is 382 g/mol. The van der Waals surface area contributed by atoms with Crippen LogP contribution in [-0.2, 0) is 0 Å². The lowest BCUT2D eigenvalue weighted by Gasteiger charge is -2.09. The fraction of sp³-hybridized carbons (Fsp3) is 0.125. The third-order valence-electron chi connectivity index (χ3n) is 3.14. The Balaban J connectivity index is 1.58. The van der Waals surface area contributed by atoms with Gasteiger partial charge in [0.05, 0.1) is 11.8 Å². The second kappa shape index (κ2) is 7.94. The summed E-state index contributed by atoms with van der Waals surface area (Å²) in [6.07, 6.45) is -0.626. The number of hydrogen-bond donors (Lipinski definition) is 2. The first-order chi connectivity index (χ1) is 11.6. The van der Waals surface area contributed by atoms with E-state index in [0.29, 0.717) is 25.9 Å². The number of para-hydroxylation sites is 1. The van der Waals surface area contributed by atoms with Crippen LogP contribution >= 0.6 is 34.7 Å². The molecule has 0 saturated heterocycles. The summed E-state index contributed by atoms with van der Waals surface area (Å²) < 4.78 is 14.3. The molecule has 8 heteroatoms. The van der Waals surface area contributed by atoms with Crippen molar-refractivity contribution < 1.29 is 9.50 Å². The van der Waals surface area contributed by atoms with E-state index in [9.17, 15) is 9.50 Å². The first-order valence-corrected chi connectivity index (χ1v) is 9.21. The maximum absolute atomic E-state index is 13.6. The van der Waals surface area contributed by atoms with E-state index in [0.717, 1.165) is 5.56 Å². The molecule has 0 aliphatic rings. The van der Waals surface area contributed by atoms with Gasteiger partial charge in [-0.25, -0.2) is 4.39 Å². The highest BCUT2D eigenvalue weighted by Crippen LogP contribution is 2.31. The number of nitrogens with one attached hydrogen (secondary N) is 1. The molecule has 0 aliphatic heterocycles. The van der Waals surface area contributed by atoms with Crippen molar-refractivity contribution in [3.05, 3.63) is 64.9 Å². The monoisotopic (exact) mass is 381 g/mol. The summed E-state index contributed by atoms with van der Waals surface area (Å²) in [7, 11) is 0. The first kappa shape index (κ1) is 17.2. The Hall–Kier alpha value is -1.67. The molecular formula is C16H13ClFN3OS2. The van der Waals surface area contributed by atoms with E-state index in [-0.39, 0.29) is 5.82 Å². The molecule has 1 atom stereocenters. The van der Waals surface area contributed by atoms with Crippen molar-refractivity contribution in [1.29, 1.82) is 0 Å². The average Bonchev–Trinajstić information content (AvgIpc) is 3.03. The number of aromatic nitrogens is 2. The molecule has 2 aromatic carbocycles. The third kappa shape index (κ3) is 4.45. The Morgan fingerprint density at radius 1 is 1.17 bits per heavy atom. The summed E-state index contributed by atoms with van der Waals surface area (Å²) in [6.45, 7) is 0. The zero-order valence-electron chi connectivity index (χ0n) is 12.3. The number of nitrogens with zero attached hydrogens (tertiary/aromatic N) is 2. The molecule has 4 nitrogen and oxygen atoms in total. The highest BCUT2D eigenvalue weighted by molar-refractivity contribution is 8.01. The van der Waals surface area contributed by atoms with Gasteiger partial charge < -0.3 is 10.4 Å². The molecule has 3 aromatic rings. The minimum absolute atomic E-state index is 0.347. The minimum atomic E-state index is -0.626. The smallest absolute Gasteiger partial charge is 0.210 e. The van der Waals surface area contributed by atoms with E-state index in [4.69, 9.17) is 11.6 Å². The predicted molar refractivity (Wildman–Crippen MR) is 96.7 cm³/mol. The molecule has 0 amide bonds. The number of rotatable bonds is 6. The van der Waals surface area contributed by atoms with Gasteiger partial charge in [0.1, 0.15) is 5.82 Å². The molecule has 0 spiro atoms. The van der Waals surface area contributed by atoms with Gasteiger partial charge >= 0.3 is 0 Å². The molecule has 0 unspecified atom stereocenters. The third-order valence-corrected chi connectivity index (χ3v) is 5.44. The summed E-state index contributed by atoms with van der Waals surface area (Å²) in [4.78, 5) is 0. The Kier molecular flexibility index (Phi) is 5.68. The van der Waals surface area contributed by atoms with Crippen LogP contribution < -0.4 is 5.32 Å². The Bertz CT molecular complexity index is 813. The molecule has 1 aromatic heterocycles. The Morgan fingerprint density at radius 3 is 2.67 bits per heavy atom. The minimum Gasteiger partial charge on any atom is -0.388 e. The van der Waals surface area contributed by atoms with Crippen LogP contribution in [0.15, 0.2) is 52.9 Å². The number of thioether (sulfide) groups is 1. The van der Waals surface area contributed by atoms with E-state index in [2.05, 4.69) is 15.5 Å². The molecule has 124 valence electrons. The molecule has 0 saturated carbocycles. The van der Waals surface area contributed by atoms with Crippen molar-refractivity contribution in [2.45, 2.75) is 10.4 Å². The van der Waals surface area contributed by atoms with E-state index in [1.807, 2.05) is 0 Å². The largest absolute Gasteiger partial charge is 0.388 e. The van der Waals surface area contributed by atoms with Crippen molar-refractivity contribution in [2.24, 2.45) is 0 Å². The lowest BCUT2D eigenvalue weighted by Crippen LogP contribution is -1.99. The van der Waals surface area contributed by atoms with Gasteiger partial charge in [-0.1, -0.05) is 59.0 Å². The van der Waals surface area contributed by atoms with Crippen molar-refractivity contribution in [2.75, 3.05) is 11.1 Å². The van der Waals surface area contributed by atoms with Crippen LogP contribution in [0.4, 0.5) is 15.2 Å². The van der Waals surface area contributed by atoms with Gasteiger partial charge in [0, 0.05) is 10.8 Å². The van der Waals surface area contributed by atoms with Crippen molar-refractivity contribution in [3.8, 4) is 0 Å². The van der Waals surface area contributed by atoms with Crippen LogP contribution in [0.5, 0.6) is 0 Å². The number of benzene rings is 2. The fourth-order valence-corrected chi connectivity index (χ4v) is 3.81. The summed E-state index contributed by atoms with van der Waals surface area (Å²) in [6, 6.07) is 13.4. The lowest BCUT2D eigenvalue weighted by atomic mass is 10.1. The number of aliphatic hydroxyl groups is 1. The maximum Gasteiger partial charge on any atom is 0.210 e.